The van der Waals surface area contributed by atoms with Crippen molar-refractivity contribution in [2.75, 3.05) is 44.2 Å². The highest BCUT2D eigenvalue weighted by atomic mass is 32.1. The van der Waals surface area contributed by atoms with E-state index >= 15 is 0 Å². The van der Waals surface area contributed by atoms with Crippen molar-refractivity contribution in [2.45, 2.75) is 26.2 Å². The van der Waals surface area contributed by atoms with Gasteiger partial charge in [0.05, 0.1) is 38.2 Å². The van der Waals surface area contributed by atoms with Crippen LogP contribution in [0.5, 0.6) is 0 Å². The summed E-state index contributed by atoms with van der Waals surface area (Å²) < 4.78 is 1.55. The predicted octanol–water partition coefficient (Wildman–Crippen LogP) is 1.28. The maximum atomic E-state index is 13.7. The van der Waals surface area contributed by atoms with Crippen LogP contribution < -0.4 is 15.4 Å². The van der Waals surface area contributed by atoms with Crippen LogP contribution in [0, 0.1) is 5.92 Å². The number of piperazine rings is 1. The van der Waals surface area contributed by atoms with Crippen molar-refractivity contribution in [3.05, 3.63) is 45.1 Å². The van der Waals surface area contributed by atoms with E-state index in [1.165, 1.54) is 15.3 Å². The highest BCUT2D eigenvalue weighted by Gasteiger charge is 2.26. The molecule has 0 bridgehead atoms. The molecule has 0 saturated carbocycles. The van der Waals surface area contributed by atoms with Crippen LogP contribution in [0.3, 0.4) is 0 Å². The average Bonchev–Trinajstić information content (AvgIpc) is 3.17. The summed E-state index contributed by atoms with van der Waals surface area (Å²) in [5.74, 6) is 1.52. The molecule has 8 heteroatoms. The highest BCUT2D eigenvalue weighted by molar-refractivity contribution is 7.18. The van der Waals surface area contributed by atoms with E-state index in [1.54, 1.807) is 15.9 Å². The number of rotatable bonds is 3. The summed E-state index contributed by atoms with van der Waals surface area (Å²) in [6.07, 6.45) is 3.12. The van der Waals surface area contributed by atoms with Crippen LogP contribution in [0.4, 0.5) is 5.82 Å². The molecule has 1 saturated heterocycles. The molecular weight excluding hydrogens is 422 g/mol. The van der Waals surface area contributed by atoms with Gasteiger partial charge in [-0.1, -0.05) is 31.2 Å². The van der Waals surface area contributed by atoms with Crippen LogP contribution >= 0.6 is 11.3 Å². The Bertz CT molecular complexity index is 1390. The summed E-state index contributed by atoms with van der Waals surface area (Å²) in [5.41, 5.74) is 1.82. The van der Waals surface area contributed by atoms with Crippen LogP contribution in [-0.4, -0.2) is 59.0 Å². The summed E-state index contributed by atoms with van der Waals surface area (Å²) in [6.45, 7) is 6.90. The molecule has 6 rings (SSSR count). The molecule has 1 atom stereocenters. The fraction of sp³-hybridized carbons (Fsp3) is 0.458. The van der Waals surface area contributed by atoms with Gasteiger partial charge in [-0.2, -0.15) is 4.52 Å². The summed E-state index contributed by atoms with van der Waals surface area (Å²) in [6, 6.07) is 8.17. The van der Waals surface area contributed by atoms with E-state index in [-0.39, 0.29) is 12.2 Å². The number of aliphatic hydroxyl groups excluding tert-OH is 1. The van der Waals surface area contributed by atoms with Crippen molar-refractivity contribution < 1.29 is 10.0 Å². The van der Waals surface area contributed by atoms with Gasteiger partial charge in [0.1, 0.15) is 11.4 Å². The fourth-order valence-corrected chi connectivity index (χ4v) is 6.72. The second-order valence-electron chi connectivity index (χ2n) is 9.26. The van der Waals surface area contributed by atoms with Gasteiger partial charge < -0.3 is 14.9 Å². The van der Waals surface area contributed by atoms with Crippen LogP contribution in [0.25, 0.3) is 26.6 Å². The number of aromatic nitrogens is 3. The van der Waals surface area contributed by atoms with Crippen molar-refractivity contribution in [2.24, 2.45) is 5.92 Å². The van der Waals surface area contributed by atoms with Gasteiger partial charge in [0.2, 0.25) is 0 Å². The predicted molar refractivity (Wildman–Crippen MR) is 128 cm³/mol. The molecule has 4 aromatic rings. The third-order valence-electron chi connectivity index (χ3n) is 7.15. The summed E-state index contributed by atoms with van der Waals surface area (Å²) in [7, 11) is 0. The van der Waals surface area contributed by atoms with Gasteiger partial charge in [0, 0.05) is 15.6 Å². The molecule has 1 fully saturated rings. The fourth-order valence-electron chi connectivity index (χ4n) is 5.35. The maximum absolute atomic E-state index is 13.7. The first kappa shape index (κ1) is 20.1. The molecule has 2 N–H and O–H groups in total. The highest BCUT2D eigenvalue weighted by Crippen LogP contribution is 2.36. The lowest BCUT2D eigenvalue weighted by atomic mass is 9.89. The Balaban J connectivity index is 1.55. The Kier molecular flexibility index (Phi) is 4.89. The third kappa shape index (κ3) is 3.12. The van der Waals surface area contributed by atoms with E-state index in [4.69, 9.17) is 10.1 Å². The number of aryl methyl sites for hydroxylation is 1. The molecule has 4 heterocycles. The number of fused-ring (bicyclic) bond motifs is 6. The lowest BCUT2D eigenvalue weighted by Crippen LogP contribution is -3.15. The number of benzene rings is 1. The SMILES string of the molecule is CC1CCc2c(sc3nc4c5ccccc5c(N5CC[NH+](CCO)CC5)nn4c(=O)c23)C1. The Morgan fingerprint density at radius 2 is 2.00 bits per heavy atom. The first-order chi connectivity index (χ1) is 15.6. The van der Waals surface area contributed by atoms with Crippen molar-refractivity contribution in [1.82, 2.24) is 14.6 Å². The first-order valence-corrected chi connectivity index (χ1v) is 12.4. The standard InChI is InChI=1S/C24H27N5O2S/c1-15-6-7-18-19(14-15)32-23-20(18)24(31)29-21(25-23)16-4-2-3-5-17(16)22(26-29)28-10-8-27(9-11-28)12-13-30/h2-5,15,30H,6-14H2,1H3/p+1. The number of anilines is 1. The van der Waals surface area contributed by atoms with Crippen LogP contribution in [-0.2, 0) is 12.8 Å². The second-order valence-corrected chi connectivity index (χ2v) is 10.3. The molecule has 1 aromatic carbocycles. The molecule has 0 amide bonds. The zero-order chi connectivity index (χ0) is 21.8. The minimum atomic E-state index is -0.0337. The number of thiophene rings is 1. The minimum Gasteiger partial charge on any atom is -0.391 e. The molecule has 166 valence electrons. The Morgan fingerprint density at radius 3 is 2.78 bits per heavy atom. The Morgan fingerprint density at radius 1 is 1.22 bits per heavy atom. The van der Waals surface area contributed by atoms with Gasteiger partial charge in [0.15, 0.2) is 11.5 Å². The minimum absolute atomic E-state index is 0.0337. The second kappa shape index (κ2) is 7.79. The van der Waals surface area contributed by atoms with Crippen molar-refractivity contribution >= 4 is 43.8 Å². The average molecular weight is 451 g/mol. The smallest absolute Gasteiger partial charge is 0.283 e. The summed E-state index contributed by atoms with van der Waals surface area (Å²) >= 11 is 1.69. The molecule has 2 aliphatic rings. The molecule has 0 radical (unpaired) electrons. The largest absolute Gasteiger partial charge is 0.391 e. The van der Waals surface area contributed by atoms with Gasteiger partial charge in [-0.15, -0.1) is 16.4 Å². The van der Waals surface area contributed by atoms with E-state index < -0.39 is 0 Å². The van der Waals surface area contributed by atoms with Crippen LogP contribution in [0.15, 0.2) is 29.1 Å². The van der Waals surface area contributed by atoms with Crippen molar-refractivity contribution in [3.8, 4) is 0 Å². The van der Waals surface area contributed by atoms with Crippen LogP contribution in [0.1, 0.15) is 23.8 Å². The quantitative estimate of drug-likeness (QED) is 0.460. The number of nitrogens with one attached hydrogen (secondary N) is 1. The third-order valence-corrected chi connectivity index (χ3v) is 8.29. The molecular formula is C24H28N5O2S+. The van der Waals surface area contributed by atoms with Gasteiger partial charge in [-0.3, -0.25) is 4.79 Å². The van der Waals surface area contributed by atoms with E-state index in [9.17, 15) is 9.90 Å². The number of nitrogens with zero attached hydrogens (tertiary/aromatic N) is 4. The molecule has 32 heavy (non-hydrogen) atoms. The van der Waals surface area contributed by atoms with Gasteiger partial charge in [-0.25, -0.2) is 4.98 Å². The Labute approximate surface area is 189 Å². The molecule has 1 aliphatic heterocycles. The molecule has 1 unspecified atom stereocenters. The lowest BCUT2D eigenvalue weighted by molar-refractivity contribution is -0.900. The first-order valence-electron chi connectivity index (χ1n) is 11.6. The zero-order valence-corrected chi connectivity index (χ0v) is 19.1. The molecule has 3 aromatic heterocycles. The summed E-state index contributed by atoms with van der Waals surface area (Å²) in [4.78, 5) is 24.6. The summed E-state index contributed by atoms with van der Waals surface area (Å²) in [5, 5.41) is 17.0. The number of hydrogen-bond donors (Lipinski definition) is 2. The number of hydrogen-bond acceptors (Lipinski definition) is 6. The van der Waals surface area contributed by atoms with Crippen LogP contribution in [0.2, 0.25) is 0 Å². The number of aliphatic hydroxyl groups is 1. The monoisotopic (exact) mass is 450 g/mol. The van der Waals surface area contributed by atoms with E-state index in [0.717, 1.165) is 78.8 Å². The zero-order valence-electron chi connectivity index (χ0n) is 18.3. The van der Waals surface area contributed by atoms with Gasteiger partial charge >= 0.3 is 0 Å². The topological polar surface area (TPSA) is 75.2 Å². The van der Waals surface area contributed by atoms with E-state index in [1.807, 2.05) is 12.1 Å². The Hall–Kier alpha value is -2.55. The van der Waals surface area contributed by atoms with Gasteiger partial charge in [-0.05, 0) is 30.7 Å². The normalized spacial score (nSPS) is 19.8. The number of quaternary nitrogens is 1. The lowest BCUT2D eigenvalue weighted by Gasteiger charge is -2.33. The molecule has 0 spiro atoms. The van der Waals surface area contributed by atoms with E-state index in [0.29, 0.717) is 11.6 Å². The maximum Gasteiger partial charge on any atom is 0.283 e. The molecule has 7 nitrogen and oxygen atoms in total. The van der Waals surface area contributed by atoms with E-state index in [2.05, 4.69) is 24.0 Å². The molecule has 1 aliphatic carbocycles. The van der Waals surface area contributed by atoms with Crippen molar-refractivity contribution in [1.29, 1.82) is 0 Å². The van der Waals surface area contributed by atoms with Gasteiger partial charge in [0.25, 0.3) is 5.56 Å². The van der Waals surface area contributed by atoms with Crippen molar-refractivity contribution in [3.63, 3.8) is 0 Å².